The molecule has 0 aromatic carbocycles. The van der Waals surface area contributed by atoms with Gasteiger partial charge in [-0.1, -0.05) is 46.0 Å². The summed E-state index contributed by atoms with van der Waals surface area (Å²) in [5.41, 5.74) is -0.366. The Kier molecular flexibility index (Phi) is 9.14. The molecule has 3 nitrogen and oxygen atoms in total. The van der Waals surface area contributed by atoms with E-state index in [0.29, 0.717) is 6.42 Å². The van der Waals surface area contributed by atoms with Crippen molar-refractivity contribution >= 4 is 5.97 Å². The van der Waals surface area contributed by atoms with Crippen LogP contribution in [0.2, 0.25) is 0 Å². The average Bonchev–Trinajstić information content (AvgIpc) is 2.30. The molecule has 0 saturated carbocycles. The molecule has 3 heteroatoms. The molecule has 0 aliphatic carbocycles. The first kappa shape index (κ1) is 16.4. The van der Waals surface area contributed by atoms with Crippen LogP contribution in [0.25, 0.3) is 0 Å². The SMILES string of the molecule is CCCCCCC(=O)OOC(C)(C)CCCC. The summed E-state index contributed by atoms with van der Waals surface area (Å²) in [6, 6.07) is 0. The molecule has 0 radical (unpaired) electrons. The van der Waals surface area contributed by atoms with E-state index in [0.717, 1.165) is 32.1 Å². The number of rotatable bonds is 10. The molecule has 0 N–H and O–H groups in total. The maximum atomic E-state index is 11.4. The second-order valence-electron chi connectivity index (χ2n) is 5.21. The Morgan fingerprint density at radius 3 is 2.24 bits per heavy atom. The Labute approximate surface area is 106 Å². The van der Waals surface area contributed by atoms with Gasteiger partial charge in [-0.3, -0.25) is 4.89 Å². The molecule has 0 fully saturated rings. The van der Waals surface area contributed by atoms with Crippen molar-refractivity contribution in [1.82, 2.24) is 0 Å². The van der Waals surface area contributed by atoms with Crippen molar-refractivity contribution in [3.63, 3.8) is 0 Å². The van der Waals surface area contributed by atoms with Gasteiger partial charge in [-0.25, -0.2) is 4.79 Å². The minimum atomic E-state index is -0.366. The van der Waals surface area contributed by atoms with Crippen LogP contribution in [0.4, 0.5) is 0 Å². The molecule has 0 saturated heterocycles. The molecule has 0 unspecified atom stereocenters. The normalized spacial score (nSPS) is 11.5. The van der Waals surface area contributed by atoms with Crippen LogP contribution in [0.5, 0.6) is 0 Å². The topological polar surface area (TPSA) is 35.5 Å². The van der Waals surface area contributed by atoms with E-state index in [1.54, 1.807) is 0 Å². The Morgan fingerprint density at radius 2 is 1.65 bits per heavy atom. The summed E-state index contributed by atoms with van der Waals surface area (Å²) in [6.45, 7) is 8.19. The van der Waals surface area contributed by atoms with Crippen LogP contribution in [0, 0.1) is 0 Å². The summed E-state index contributed by atoms with van der Waals surface area (Å²) in [7, 11) is 0. The molecule has 0 aliphatic heterocycles. The zero-order valence-corrected chi connectivity index (χ0v) is 11.9. The third kappa shape index (κ3) is 10.3. The van der Waals surface area contributed by atoms with E-state index >= 15 is 0 Å². The summed E-state index contributed by atoms with van der Waals surface area (Å²) in [5, 5.41) is 0. The van der Waals surface area contributed by atoms with Crippen molar-refractivity contribution in [3.8, 4) is 0 Å². The lowest BCUT2D eigenvalue weighted by Gasteiger charge is -2.22. The van der Waals surface area contributed by atoms with Gasteiger partial charge in [-0.15, -0.1) is 0 Å². The molecule has 0 aromatic rings. The Balaban J connectivity index is 3.60. The van der Waals surface area contributed by atoms with Crippen LogP contribution >= 0.6 is 0 Å². The summed E-state index contributed by atoms with van der Waals surface area (Å²) >= 11 is 0. The van der Waals surface area contributed by atoms with Crippen molar-refractivity contribution in [3.05, 3.63) is 0 Å². The van der Waals surface area contributed by atoms with Gasteiger partial charge in [0.15, 0.2) is 0 Å². The second-order valence-corrected chi connectivity index (χ2v) is 5.21. The summed E-state index contributed by atoms with van der Waals surface area (Å²) in [4.78, 5) is 21.4. The van der Waals surface area contributed by atoms with Crippen molar-refractivity contribution < 1.29 is 14.6 Å². The van der Waals surface area contributed by atoms with Crippen LogP contribution in [0.1, 0.15) is 79.1 Å². The largest absolute Gasteiger partial charge is 0.342 e. The molecule has 102 valence electrons. The molecule has 0 spiro atoms. The fourth-order valence-corrected chi connectivity index (χ4v) is 1.54. The first-order valence-electron chi connectivity index (χ1n) is 6.90. The lowest BCUT2D eigenvalue weighted by Crippen LogP contribution is -2.26. The van der Waals surface area contributed by atoms with Gasteiger partial charge in [-0.05, 0) is 26.7 Å². The van der Waals surface area contributed by atoms with E-state index in [4.69, 9.17) is 9.78 Å². The smallest absolute Gasteiger partial charge is 0.298 e. The number of carbonyl (C=O) groups is 1. The summed E-state index contributed by atoms with van der Waals surface area (Å²) in [6.07, 6.45) is 7.91. The predicted molar refractivity (Wildman–Crippen MR) is 69.5 cm³/mol. The van der Waals surface area contributed by atoms with Crippen LogP contribution in [-0.4, -0.2) is 11.6 Å². The molecule has 0 rings (SSSR count). The average molecular weight is 244 g/mol. The highest BCUT2D eigenvalue weighted by Crippen LogP contribution is 2.18. The van der Waals surface area contributed by atoms with E-state index in [-0.39, 0.29) is 11.6 Å². The number of hydrogen-bond donors (Lipinski definition) is 0. The number of unbranched alkanes of at least 4 members (excludes halogenated alkanes) is 4. The highest BCUT2D eigenvalue weighted by atomic mass is 17.2. The van der Waals surface area contributed by atoms with E-state index < -0.39 is 0 Å². The van der Waals surface area contributed by atoms with Crippen molar-refractivity contribution in [1.29, 1.82) is 0 Å². The second kappa shape index (κ2) is 9.46. The van der Waals surface area contributed by atoms with Crippen molar-refractivity contribution in [2.75, 3.05) is 0 Å². The van der Waals surface area contributed by atoms with Gasteiger partial charge in [0.2, 0.25) is 0 Å². The van der Waals surface area contributed by atoms with Gasteiger partial charge in [0.05, 0.1) is 0 Å². The zero-order chi connectivity index (χ0) is 13.1. The molecule has 0 aliphatic rings. The minimum Gasteiger partial charge on any atom is -0.298 e. The van der Waals surface area contributed by atoms with Gasteiger partial charge in [0, 0.05) is 6.42 Å². The first-order valence-corrected chi connectivity index (χ1v) is 6.90. The molecular weight excluding hydrogens is 216 g/mol. The van der Waals surface area contributed by atoms with Gasteiger partial charge >= 0.3 is 5.97 Å². The molecule has 0 aromatic heterocycles. The Morgan fingerprint density at radius 1 is 1.00 bits per heavy atom. The third-order valence-electron chi connectivity index (χ3n) is 2.73. The van der Waals surface area contributed by atoms with Gasteiger partial charge < -0.3 is 0 Å². The predicted octanol–water partition coefficient (Wildman–Crippen LogP) is 4.40. The molecule has 0 amide bonds. The lowest BCUT2D eigenvalue weighted by atomic mass is 10.0. The first-order chi connectivity index (χ1) is 8.02. The third-order valence-corrected chi connectivity index (χ3v) is 2.73. The fourth-order valence-electron chi connectivity index (χ4n) is 1.54. The molecule has 0 heterocycles. The standard InChI is InChI=1S/C14H28O3/c1-5-7-9-10-11-13(15)16-17-14(3,4)12-8-6-2/h5-12H2,1-4H3. The zero-order valence-electron chi connectivity index (χ0n) is 11.9. The maximum Gasteiger partial charge on any atom is 0.342 e. The summed E-state index contributed by atoms with van der Waals surface area (Å²) < 4.78 is 0. The van der Waals surface area contributed by atoms with Crippen molar-refractivity contribution in [2.45, 2.75) is 84.7 Å². The van der Waals surface area contributed by atoms with E-state index in [2.05, 4.69) is 13.8 Å². The molecule has 0 atom stereocenters. The lowest BCUT2D eigenvalue weighted by molar-refractivity contribution is -0.326. The van der Waals surface area contributed by atoms with Crippen LogP contribution in [0.3, 0.4) is 0 Å². The Bertz CT molecular complexity index is 200. The highest BCUT2D eigenvalue weighted by Gasteiger charge is 2.21. The van der Waals surface area contributed by atoms with Gasteiger partial charge in [-0.2, -0.15) is 4.89 Å². The summed E-state index contributed by atoms with van der Waals surface area (Å²) in [5.74, 6) is -0.245. The molecule has 17 heavy (non-hydrogen) atoms. The Hall–Kier alpha value is -0.570. The van der Waals surface area contributed by atoms with E-state index in [1.807, 2.05) is 13.8 Å². The molecule has 0 bridgehead atoms. The van der Waals surface area contributed by atoms with Gasteiger partial charge in [0.1, 0.15) is 5.60 Å². The monoisotopic (exact) mass is 244 g/mol. The maximum absolute atomic E-state index is 11.4. The van der Waals surface area contributed by atoms with Gasteiger partial charge in [0.25, 0.3) is 0 Å². The van der Waals surface area contributed by atoms with E-state index in [9.17, 15) is 4.79 Å². The minimum absolute atomic E-state index is 0.245. The van der Waals surface area contributed by atoms with E-state index in [1.165, 1.54) is 12.8 Å². The van der Waals surface area contributed by atoms with Crippen LogP contribution < -0.4 is 0 Å². The van der Waals surface area contributed by atoms with Crippen LogP contribution in [-0.2, 0) is 14.6 Å². The van der Waals surface area contributed by atoms with Crippen LogP contribution in [0.15, 0.2) is 0 Å². The molecular formula is C14H28O3. The number of hydrogen-bond acceptors (Lipinski definition) is 3. The highest BCUT2D eigenvalue weighted by molar-refractivity contribution is 5.68. The number of carbonyl (C=O) groups excluding carboxylic acids is 1. The fraction of sp³-hybridized carbons (Fsp3) is 0.929. The quantitative estimate of drug-likeness (QED) is 0.324. The van der Waals surface area contributed by atoms with Crippen molar-refractivity contribution in [2.24, 2.45) is 0 Å².